The topological polar surface area (TPSA) is 29.3 Å². The molecule has 4 heteroatoms. The molecule has 0 spiro atoms. The largest absolute Gasteiger partial charge is 0.339 e. The van der Waals surface area contributed by atoms with Gasteiger partial charge < -0.3 is 5.32 Å². The molecule has 3 nitrogen and oxygen atoms in total. The van der Waals surface area contributed by atoms with Gasteiger partial charge in [0.15, 0.2) is 0 Å². The first-order valence-electron chi connectivity index (χ1n) is 7.99. The van der Waals surface area contributed by atoms with Gasteiger partial charge in [-0.3, -0.25) is 4.40 Å². The second-order valence-electron chi connectivity index (χ2n) is 6.14. The molecule has 120 valence electrons. The van der Waals surface area contributed by atoms with Crippen LogP contribution in [-0.2, 0) is 0 Å². The van der Waals surface area contributed by atoms with Crippen LogP contribution in [0, 0.1) is 20.8 Å². The second-order valence-corrected chi connectivity index (χ2v) is 7.43. The van der Waals surface area contributed by atoms with E-state index in [9.17, 15) is 0 Å². The molecular formula is C20H19N3S. The predicted octanol–water partition coefficient (Wildman–Crippen LogP) is 5.73. The average Bonchev–Trinajstić information content (AvgIpc) is 3.13. The van der Waals surface area contributed by atoms with E-state index >= 15 is 0 Å². The van der Waals surface area contributed by atoms with E-state index in [0.717, 1.165) is 22.8 Å². The van der Waals surface area contributed by atoms with Crippen molar-refractivity contribution >= 4 is 28.5 Å². The molecule has 4 aromatic rings. The van der Waals surface area contributed by atoms with Crippen molar-refractivity contribution in [2.24, 2.45) is 0 Å². The zero-order valence-corrected chi connectivity index (χ0v) is 14.8. The third-order valence-corrected chi connectivity index (χ3v) is 5.08. The molecule has 4 rings (SSSR count). The summed E-state index contributed by atoms with van der Waals surface area (Å²) in [5.41, 5.74) is 5.49. The van der Waals surface area contributed by atoms with Crippen LogP contribution < -0.4 is 5.32 Å². The standard InChI is InChI=1S/C20H19N3S/c1-13-4-7-16(8-5-13)21-20-19(17-9-6-15(3)24-17)22-18-12-14(2)10-11-23(18)20/h4-12,21H,1-3H3. The highest BCUT2D eigenvalue weighted by atomic mass is 32.1. The molecule has 0 aliphatic carbocycles. The molecule has 0 fully saturated rings. The van der Waals surface area contributed by atoms with E-state index in [4.69, 9.17) is 4.98 Å². The summed E-state index contributed by atoms with van der Waals surface area (Å²) in [5.74, 6) is 1.01. The van der Waals surface area contributed by atoms with Gasteiger partial charge in [0, 0.05) is 16.8 Å². The van der Waals surface area contributed by atoms with Gasteiger partial charge in [0.2, 0.25) is 0 Å². The lowest BCUT2D eigenvalue weighted by atomic mass is 10.2. The van der Waals surface area contributed by atoms with E-state index in [1.165, 1.54) is 20.9 Å². The van der Waals surface area contributed by atoms with Crippen LogP contribution in [-0.4, -0.2) is 9.38 Å². The lowest BCUT2D eigenvalue weighted by Gasteiger charge is -2.08. The fourth-order valence-corrected chi connectivity index (χ4v) is 3.63. The number of aromatic nitrogens is 2. The molecule has 0 atom stereocenters. The molecular weight excluding hydrogens is 314 g/mol. The molecule has 0 saturated heterocycles. The summed E-state index contributed by atoms with van der Waals surface area (Å²) in [6, 6.07) is 17.0. The predicted molar refractivity (Wildman–Crippen MR) is 102 cm³/mol. The van der Waals surface area contributed by atoms with Gasteiger partial charge in [0.25, 0.3) is 0 Å². The molecule has 24 heavy (non-hydrogen) atoms. The Hall–Kier alpha value is -2.59. The van der Waals surface area contributed by atoms with Crippen molar-refractivity contribution in [1.29, 1.82) is 0 Å². The quantitative estimate of drug-likeness (QED) is 0.518. The third kappa shape index (κ3) is 2.69. The average molecular weight is 333 g/mol. The summed E-state index contributed by atoms with van der Waals surface area (Å²) in [6.07, 6.45) is 2.08. The van der Waals surface area contributed by atoms with Gasteiger partial charge in [-0.2, -0.15) is 0 Å². The van der Waals surface area contributed by atoms with Crippen LogP contribution in [0.1, 0.15) is 16.0 Å². The number of nitrogens with one attached hydrogen (secondary N) is 1. The number of nitrogens with zero attached hydrogens (tertiary/aromatic N) is 2. The molecule has 1 aromatic carbocycles. The Labute approximate surface area is 145 Å². The van der Waals surface area contributed by atoms with Gasteiger partial charge in [-0.1, -0.05) is 17.7 Å². The highest BCUT2D eigenvalue weighted by Crippen LogP contribution is 2.35. The number of fused-ring (bicyclic) bond motifs is 1. The van der Waals surface area contributed by atoms with Gasteiger partial charge in [-0.25, -0.2) is 4.98 Å². The number of hydrogen-bond donors (Lipinski definition) is 1. The van der Waals surface area contributed by atoms with Crippen LogP contribution >= 0.6 is 11.3 Å². The first kappa shape index (κ1) is 15.0. The number of thiophene rings is 1. The number of hydrogen-bond acceptors (Lipinski definition) is 3. The Morgan fingerprint density at radius 2 is 1.71 bits per heavy atom. The van der Waals surface area contributed by atoms with Crippen molar-refractivity contribution in [1.82, 2.24) is 9.38 Å². The van der Waals surface area contributed by atoms with E-state index in [2.05, 4.69) is 85.2 Å². The summed E-state index contributed by atoms with van der Waals surface area (Å²) in [5, 5.41) is 3.56. The number of aryl methyl sites for hydroxylation is 3. The zero-order valence-electron chi connectivity index (χ0n) is 14.0. The number of imidazole rings is 1. The molecule has 0 aliphatic heterocycles. The zero-order chi connectivity index (χ0) is 16.7. The molecule has 0 saturated carbocycles. The highest BCUT2D eigenvalue weighted by Gasteiger charge is 2.16. The SMILES string of the molecule is Cc1ccc(Nc2c(-c3ccc(C)s3)nc3cc(C)ccn23)cc1. The number of rotatable bonds is 3. The molecule has 0 amide bonds. The number of benzene rings is 1. The fourth-order valence-electron chi connectivity index (χ4n) is 2.77. The Bertz CT molecular complexity index is 1010. The molecule has 0 unspecified atom stereocenters. The highest BCUT2D eigenvalue weighted by molar-refractivity contribution is 7.15. The minimum Gasteiger partial charge on any atom is -0.339 e. The van der Waals surface area contributed by atoms with E-state index in [1.807, 2.05) is 0 Å². The lowest BCUT2D eigenvalue weighted by Crippen LogP contribution is -1.96. The number of pyridine rings is 1. The van der Waals surface area contributed by atoms with Crippen LogP contribution in [0.5, 0.6) is 0 Å². The Morgan fingerprint density at radius 1 is 0.917 bits per heavy atom. The lowest BCUT2D eigenvalue weighted by molar-refractivity contribution is 1.17. The van der Waals surface area contributed by atoms with Gasteiger partial charge in [-0.15, -0.1) is 11.3 Å². The third-order valence-electron chi connectivity index (χ3n) is 4.07. The van der Waals surface area contributed by atoms with Crippen molar-refractivity contribution in [3.63, 3.8) is 0 Å². The van der Waals surface area contributed by atoms with Gasteiger partial charge in [-0.05, 0) is 62.7 Å². The molecule has 0 radical (unpaired) electrons. The summed E-state index contributed by atoms with van der Waals surface area (Å²) in [4.78, 5) is 7.36. The monoisotopic (exact) mass is 333 g/mol. The Balaban J connectivity index is 1.88. The molecule has 3 heterocycles. The van der Waals surface area contributed by atoms with Crippen LogP contribution in [0.15, 0.2) is 54.7 Å². The molecule has 3 aromatic heterocycles. The summed E-state index contributed by atoms with van der Waals surface area (Å²) >= 11 is 1.77. The van der Waals surface area contributed by atoms with Crippen molar-refractivity contribution in [3.05, 3.63) is 70.7 Å². The maximum Gasteiger partial charge on any atom is 0.144 e. The van der Waals surface area contributed by atoms with E-state index in [-0.39, 0.29) is 0 Å². The minimum absolute atomic E-state index is 0.964. The van der Waals surface area contributed by atoms with Gasteiger partial charge in [0.05, 0.1) is 4.88 Å². The van der Waals surface area contributed by atoms with Crippen molar-refractivity contribution in [3.8, 4) is 10.6 Å². The van der Waals surface area contributed by atoms with Crippen molar-refractivity contribution < 1.29 is 0 Å². The van der Waals surface area contributed by atoms with Crippen molar-refractivity contribution in [2.45, 2.75) is 20.8 Å². The first-order valence-corrected chi connectivity index (χ1v) is 8.81. The van der Waals surface area contributed by atoms with E-state index in [1.54, 1.807) is 11.3 Å². The van der Waals surface area contributed by atoms with Crippen LogP contribution in [0.25, 0.3) is 16.2 Å². The van der Waals surface area contributed by atoms with Gasteiger partial charge in [0.1, 0.15) is 17.2 Å². The fraction of sp³-hybridized carbons (Fsp3) is 0.150. The Morgan fingerprint density at radius 3 is 2.42 bits per heavy atom. The van der Waals surface area contributed by atoms with E-state index in [0.29, 0.717) is 0 Å². The molecule has 1 N–H and O–H groups in total. The summed E-state index contributed by atoms with van der Waals surface area (Å²) in [7, 11) is 0. The normalized spacial score (nSPS) is 11.1. The number of anilines is 2. The van der Waals surface area contributed by atoms with Crippen molar-refractivity contribution in [2.75, 3.05) is 5.32 Å². The summed E-state index contributed by atoms with van der Waals surface area (Å²) < 4.78 is 2.12. The van der Waals surface area contributed by atoms with Crippen LogP contribution in [0.2, 0.25) is 0 Å². The first-order chi connectivity index (χ1) is 11.6. The molecule has 0 bridgehead atoms. The van der Waals surface area contributed by atoms with Crippen LogP contribution in [0.4, 0.5) is 11.5 Å². The Kier molecular flexibility index (Phi) is 3.62. The van der Waals surface area contributed by atoms with E-state index < -0.39 is 0 Å². The minimum atomic E-state index is 0.964. The molecule has 0 aliphatic rings. The van der Waals surface area contributed by atoms with Gasteiger partial charge >= 0.3 is 0 Å². The smallest absolute Gasteiger partial charge is 0.144 e. The maximum absolute atomic E-state index is 4.88. The second kappa shape index (κ2) is 5.80. The summed E-state index contributed by atoms with van der Waals surface area (Å²) in [6.45, 7) is 6.32. The maximum atomic E-state index is 4.88. The van der Waals surface area contributed by atoms with Crippen LogP contribution in [0.3, 0.4) is 0 Å².